The van der Waals surface area contributed by atoms with Gasteiger partial charge in [0, 0.05) is 34.0 Å². The highest BCUT2D eigenvalue weighted by atomic mass is 32.1. The van der Waals surface area contributed by atoms with E-state index in [-0.39, 0.29) is 18.4 Å². The van der Waals surface area contributed by atoms with Gasteiger partial charge in [-0.05, 0) is 45.7 Å². The fourth-order valence-electron chi connectivity index (χ4n) is 3.26. The highest BCUT2D eigenvalue weighted by Crippen LogP contribution is 2.42. The summed E-state index contributed by atoms with van der Waals surface area (Å²) in [5, 5.41) is 16.6. The normalized spacial score (nSPS) is 14.9. The largest absolute Gasteiger partial charge is 0.392 e. The molecule has 0 unspecified atom stereocenters. The Balaban J connectivity index is 1.71. The number of nitrogens with zero attached hydrogens (tertiary/aromatic N) is 4. The van der Waals surface area contributed by atoms with E-state index >= 15 is 0 Å². The summed E-state index contributed by atoms with van der Waals surface area (Å²) < 4.78 is 1.69. The van der Waals surface area contributed by atoms with Crippen molar-refractivity contribution >= 4 is 17.2 Å². The first-order valence-corrected chi connectivity index (χ1v) is 10.2. The van der Waals surface area contributed by atoms with E-state index in [1.165, 1.54) is 9.75 Å². The fourth-order valence-corrected chi connectivity index (χ4v) is 4.20. The minimum absolute atomic E-state index is 0.205. The third kappa shape index (κ3) is 3.70. The number of hydrogen-bond donors (Lipinski definition) is 2. The molecule has 1 atom stereocenters. The van der Waals surface area contributed by atoms with Crippen molar-refractivity contribution in [1.29, 1.82) is 0 Å². The van der Waals surface area contributed by atoms with E-state index in [1.54, 1.807) is 35.3 Å². The SMILES string of the molecule is Cc1cc(-c2ccnc(-n3ncc(C(=O)NC[C@@H](C)O)c3C3CC3)n2)c(C)s1. The summed E-state index contributed by atoms with van der Waals surface area (Å²) in [6, 6.07) is 4.03. The molecule has 1 aliphatic carbocycles. The Hall–Kier alpha value is -2.58. The van der Waals surface area contributed by atoms with E-state index in [2.05, 4.69) is 35.3 Å². The highest BCUT2D eigenvalue weighted by Gasteiger charge is 2.33. The fraction of sp³-hybridized carbons (Fsp3) is 0.400. The summed E-state index contributed by atoms with van der Waals surface area (Å²) in [7, 11) is 0. The summed E-state index contributed by atoms with van der Waals surface area (Å²) in [6.07, 6.45) is 4.74. The first-order chi connectivity index (χ1) is 13.4. The van der Waals surface area contributed by atoms with Gasteiger partial charge in [-0.25, -0.2) is 14.6 Å². The lowest BCUT2D eigenvalue weighted by Gasteiger charge is -2.10. The van der Waals surface area contributed by atoms with Crippen molar-refractivity contribution < 1.29 is 9.90 Å². The van der Waals surface area contributed by atoms with E-state index < -0.39 is 6.10 Å². The monoisotopic (exact) mass is 397 g/mol. The zero-order valence-electron chi connectivity index (χ0n) is 16.1. The third-order valence-corrected chi connectivity index (χ3v) is 5.69. The van der Waals surface area contributed by atoms with Crippen LogP contribution in [-0.2, 0) is 0 Å². The van der Waals surface area contributed by atoms with Crippen molar-refractivity contribution in [3.63, 3.8) is 0 Å². The van der Waals surface area contributed by atoms with Crippen LogP contribution in [0, 0.1) is 13.8 Å². The molecule has 0 saturated heterocycles. The number of carbonyl (C=O) groups excluding carboxylic acids is 1. The van der Waals surface area contributed by atoms with Gasteiger partial charge >= 0.3 is 0 Å². The topological polar surface area (TPSA) is 92.9 Å². The maximum absolute atomic E-state index is 12.6. The first-order valence-electron chi connectivity index (χ1n) is 9.39. The molecule has 3 heterocycles. The van der Waals surface area contributed by atoms with Gasteiger partial charge in [-0.2, -0.15) is 5.10 Å². The summed E-state index contributed by atoms with van der Waals surface area (Å²) in [5.41, 5.74) is 3.32. The molecule has 2 N–H and O–H groups in total. The van der Waals surface area contributed by atoms with E-state index in [4.69, 9.17) is 4.98 Å². The van der Waals surface area contributed by atoms with Crippen LogP contribution < -0.4 is 5.32 Å². The molecule has 1 saturated carbocycles. The molecule has 1 amide bonds. The van der Waals surface area contributed by atoms with E-state index in [1.807, 2.05) is 6.07 Å². The Morgan fingerprint density at radius 3 is 2.86 bits per heavy atom. The Kier molecular flexibility index (Phi) is 4.99. The molecule has 8 heteroatoms. The molecule has 1 aliphatic rings. The molecule has 0 spiro atoms. The highest BCUT2D eigenvalue weighted by molar-refractivity contribution is 7.12. The predicted octanol–water partition coefficient (Wildman–Crippen LogP) is 3.00. The van der Waals surface area contributed by atoms with E-state index in [0.717, 1.165) is 29.8 Å². The number of carbonyl (C=O) groups is 1. The number of hydrogen-bond acceptors (Lipinski definition) is 6. The standard InChI is InChI=1S/C20H23N5O2S/c1-11(26)9-22-19(27)16-10-23-25(18(16)14-4-5-14)20-21-7-6-17(24-20)15-8-12(2)28-13(15)3/h6-8,10-11,14,26H,4-5,9H2,1-3H3,(H,22,27)/t11-/m1/s1. The molecule has 1 fully saturated rings. The molecular formula is C20H23N5O2S. The molecule has 3 aromatic heterocycles. The number of aliphatic hydroxyl groups is 1. The third-order valence-electron chi connectivity index (χ3n) is 4.72. The van der Waals surface area contributed by atoms with E-state index in [9.17, 15) is 9.90 Å². The van der Waals surface area contributed by atoms with Crippen LogP contribution in [0.1, 0.15) is 51.5 Å². The predicted molar refractivity (Wildman–Crippen MR) is 108 cm³/mol. The van der Waals surface area contributed by atoms with Crippen LogP contribution in [0.25, 0.3) is 17.2 Å². The lowest BCUT2D eigenvalue weighted by Crippen LogP contribution is -2.31. The molecule has 3 aromatic rings. The minimum Gasteiger partial charge on any atom is -0.392 e. The van der Waals surface area contributed by atoms with Crippen molar-refractivity contribution in [3.8, 4) is 17.2 Å². The molecule has 4 rings (SSSR count). The van der Waals surface area contributed by atoms with Gasteiger partial charge in [-0.1, -0.05) is 0 Å². The second-order valence-corrected chi connectivity index (χ2v) is 8.72. The smallest absolute Gasteiger partial charge is 0.254 e. The maximum atomic E-state index is 12.6. The van der Waals surface area contributed by atoms with Crippen LogP contribution in [0.5, 0.6) is 0 Å². The van der Waals surface area contributed by atoms with Crippen LogP contribution in [0.3, 0.4) is 0 Å². The molecule has 7 nitrogen and oxygen atoms in total. The number of aliphatic hydroxyl groups excluding tert-OH is 1. The average Bonchev–Trinajstić information content (AvgIpc) is 3.31. The molecular weight excluding hydrogens is 374 g/mol. The van der Waals surface area contributed by atoms with Crippen molar-refractivity contribution in [2.24, 2.45) is 0 Å². The quantitative estimate of drug-likeness (QED) is 0.667. The minimum atomic E-state index is -0.597. The van der Waals surface area contributed by atoms with Crippen molar-refractivity contribution in [1.82, 2.24) is 25.1 Å². The molecule has 0 aliphatic heterocycles. The Labute approximate surface area is 167 Å². The van der Waals surface area contributed by atoms with Gasteiger partial charge in [0.2, 0.25) is 0 Å². The van der Waals surface area contributed by atoms with Gasteiger partial charge < -0.3 is 10.4 Å². The van der Waals surface area contributed by atoms with E-state index in [0.29, 0.717) is 11.5 Å². The summed E-state index contributed by atoms with van der Waals surface area (Å²) in [4.78, 5) is 24.2. The molecule has 28 heavy (non-hydrogen) atoms. The number of nitrogens with one attached hydrogen (secondary N) is 1. The van der Waals surface area contributed by atoms with Gasteiger partial charge in [0.05, 0.1) is 29.3 Å². The number of thiophene rings is 1. The van der Waals surface area contributed by atoms with Gasteiger partial charge in [-0.15, -0.1) is 11.3 Å². The van der Waals surface area contributed by atoms with Gasteiger partial charge in [0.1, 0.15) is 0 Å². The van der Waals surface area contributed by atoms with Gasteiger partial charge in [0.15, 0.2) is 0 Å². The van der Waals surface area contributed by atoms with Gasteiger partial charge in [0.25, 0.3) is 11.9 Å². The number of aryl methyl sites for hydroxylation is 2. The maximum Gasteiger partial charge on any atom is 0.254 e. The van der Waals surface area contributed by atoms with Crippen molar-refractivity contribution in [2.75, 3.05) is 6.54 Å². The second-order valence-electron chi connectivity index (χ2n) is 7.26. The van der Waals surface area contributed by atoms with Crippen LogP contribution in [0.4, 0.5) is 0 Å². The Bertz CT molecular complexity index is 1020. The summed E-state index contributed by atoms with van der Waals surface area (Å²) >= 11 is 1.74. The molecule has 0 radical (unpaired) electrons. The molecule has 0 aromatic carbocycles. The lowest BCUT2D eigenvalue weighted by molar-refractivity contribution is 0.0923. The Morgan fingerprint density at radius 1 is 1.43 bits per heavy atom. The van der Waals surface area contributed by atoms with Gasteiger partial charge in [-0.3, -0.25) is 4.79 Å². The first kappa shape index (κ1) is 18.8. The summed E-state index contributed by atoms with van der Waals surface area (Å²) in [5.74, 6) is 0.527. The number of rotatable bonds is 6. The van der Waals surface area contributed by atoms with Crippen LogP contribution in [0.2, 0.25) is 0 Å². The van der Waals surface area contributed by atoms with Crippen LogP contribution >= 0.6 is 11.3 Å². The molecule has 146 valence electrons. The average molecular weight is 398 g/mol. The Morgan fingerprint density at radius 2 is 2.21 bits per heavy atom. The molecule has 0 bridgehead atoms. The number of amides is 1. The van der Waals surface area contributed by atoms with Crippen LogP contribution in [0.15, 0.2) is 24.5 Å². The zero-order chi connectivity index (χ0) is 19.8. The van der Waals surface area contributed by atoms with Crippen molar-refractivity contribution in [2.45, 2.75) is 45.6 Å². The van der Waals surface area contributed by atoms with Crippen LogP contribution in [-0.4, -0.2) is 43.4 Å². The van der Waals surface area contributed by atoms with Crippen molar-refractivity contribution in [3.05, 3.63) is 45.5 Å². The lowest BCUT2D eigenvalue weighted by atomic mass is 10.1. The zero-order valence-corrected chi connectivity index (χ0v) is 17.0. The number of aromatic nitrogens is 4. The summed E-state index contributed by atoms with van der Waals surface area (Å²) in [6.45, 7) is 6.01. The second kappa shape index (κ2) is 7.44.